The van der Waals surface area contributed by atoms with Gasteiger partial charge in [-0.25, -0.2) is 25.9 Å². The molecule has 9 heteroatoms. The van der Waals surface area contributed by atoms with E-state index in [-0.39, 0.29) is 22.8 Å². The molecule has 0 bridgehead atoms. The van der Waals surface area contributed by atoms with Crippen molar-refractivity contribution in [3.05, 3.63) is 35.4 Å². The van der Waals surface area contributed by atoms with Gasteiger partial charge in [-0.2, -0.15) is 0 Å². The molecule has 1 N–H and O–H groups in total. The maximum Gasteiger partial charge on any atom is 0.242 e. The first kappa shape index (κ1) is 20.0. The lowest BCUT2D eigenvalue weighted by atomic mass is 9.97. The minimum atomic E-state index is -3.81. The van der Waals surface area contributed by atoms with Gasteiger partial charge in [0.25, 0.3) is 0 Å². The first-order valence-electron chi connectivity index (χ1n) is 9.05. The van der Waals surface area contributed by atoms with Gasteiger partial charge in [-0.1, -0.05) is 17.7 Å². The Kier molecular flexibility index (Phi) is 5.73. The molecule has 3 rings (SSSR count). The van der Waals surface area contributed by atoms with Crippen LogP contribution in [0, 0.1) is 6.92 Å². The number of anilines is 1. The van der Waals surface area contributed by atoms with Crippen LogP contribution < -0.4 is 9.03 Å². The molecule has 1 heterocycles. The fraction of sp³-hybridized carbons (Fsp3) is 0.500. The molecule has 0 unspecified atom stereocenters. The van der Waals surface area contributed by atoms with Crippen LogP contribution in [-0.4, -0.2) is 35.0 Å². The molecule has 0 aromatic heterocycles. The highest BCUT2D eigenvalue weighted by atomic mass is 32.2. The van der Waals surface area contributed by atoms with Crippen molar-refractivity contribution < 1.29 is 21.6 Å². The predicted octanol–water partition coefficient (Wildman–Crippen LogP) is 2.23. The Hall–Kier alpha value is -1.71. The third kappa shape index (κ3) is 4.41. The molecule has 0 radical (unpaired) electrons. The zero-order chi connectivity index (χ0) is 19.7. The Bertz CT molecular complexity index is 981. The fourth-order valence-electron chi connectivity index (χ4n) is 3.43. The van der Waals surface area contributed by atoms with Crippen molar-refractivity contribution in [2.75, 3.05) is 16.6 Å². The summed E-state index contributed by atoms with van der Waals surface area (Å²) in [5.74, 6) is -0.797. The number of aryl methyl sites for hydroxylation is 1. The maximum absolute atomic E-state index is 12.7. The topological polar surface area (TPSA) is 101 Å². The molecule has 1 aromatic rings. The van der Waals surface area contributed by atoms with Gasteiger partial charge in [0, 0.05) is 13.0 Å². The van der Waals surface area contributed by atoms with Crippen LogP contribution in [0.25, 0.3) is 0 Å². The standard InChI is InChI=1S/C18H24N2O5S2/c1-14-7-8-16(20-18(21)10-12-26(20,22)23)13-17(14)27(24,25)19-11-9-15-5-3-2-4-6-15/h5,7-8,13,19H,2-4,6,9-12H2,1H3. The second kappa shape index (κ2) is 7.73. The van der Waals surface area contributed by atoms with Crippen LogP contribution in [0.2, 0.25) is 0 Å². The van der Waals surface area contributed by atoms with Crippen LogP contribution in [-0.2, 0) is 24.8 Å². The number of carbonyl (C=O) groups is 1. The molecule has 1 aliphatic carbocycles. The van der Waals surface area contributed by atoms with Crippen LogP contribution in [0.15, 0.2) is 34.7 Å². The highest BCUT2D eigenvalue weighted by Gasteiger charge is 2.36. The van der Waals surface area contributed by atoms with Gasteiger partial charge in [-0.15, -0.1) is 0 Å². The summed E-state index contributed by atoms with van der Waals surface area (Å²) >= 11 is 0. The van der Waals surface area contributed by atoms with Gasteiger partial charge in [0.1, 0.15) is 0 Å². The number of hydrogen-bond donors (Lipinski definition) is 1. The third-order valence-electron chi connectivity index (χ3n) is 4.90. The molecule has 1 aliphatic heterocycles. The van der Waals surface area contributed by atoms with Gasteiger partial charge in [0.05, 0.1) is 16.3 Å². The number of nitrogens with zero attached hydrogens (tertiary/aromatic N) is 1. The van der Waals surface area contributed by atoms with E-state index in [4.69, 9.17) is 0 Å². The van der Waals surface area contributed by atoms with Gasteiger partial charge < -0.3 is 0 Å². The first-order chi connectivity index (χ1) is 12.7. The van der Waals surface area contributed by atoms with E-state index in [1.807, 2.05) is 0 Å². The summed E-state index contributed by atoms with van der Waals surface area (Å²) in [4.78, 5) is 12.0. The average molecular weight is 413 g/mol. The summed E-state index contributed by atoms with van der Waals surface area (Å²) in [6, 6.07) is 4.24. The van der Waals surface area contributed by atoms with Gasteiger partial charge in [-0.3, -0.25) is 4.79 Å². The number of benzene rings is 1. The van der Waals surface area contributed by atoms with Crippen molar-refractivity contribution in [3.8, 4) is 0 Å². The second-order valence-electron chi connectivity index (χ2n) is 6.93. The Morgan fingerprint density at radius 2 is 1.96 bits per heavy atom. The van der Waals surface area contributed by atoms with E-state index in [0.29, 0.717) is 22.8 Å². The molecule has 148 valence electrons. The third-order valence-corrected chi connectivity index (χ3v) is 8.19. The van der Waals surface area contributed by atoms with Gasteiger partial charge in [0.15, 0.2) is 0 Å². The average Bonchev–Trinajstić information content (AvgIpc) is 2.89. The molecule has 7 nitrogen and oxygen atoms in total. The summed E-state index contributed by atoms with van der Waals surface area (Å²) in [6.45, 7) is 1.93. The van der Waals surface area contributed by atoms with Crippen molar-refractivity contribution in [1.82, 2.24) is 4.72 Å². The van der Waals surface area contributed by atoms with E-state index in [1.54, 1.807) is 6.92 Å². The molecule has 1 aromatic carbocycles. The normalized spacial score (nSPS) is 20.0. The minimum Gasteiger partial charge on any atom is -0.273 e. The largest absolute Gasteiger partial charge is 0.273 e. The predicted molar refractivity (Wildman–Crippen MR) is 103 cm³/mol. The van der Waals surface area contributed by atoms with E-state index in [2.05, 4.69) is 10.8 Å². The van der Waals surface area contributed by atoms with E-state index in [9.17, 15) is 21.6 Å². The van der Waals surface area contributed by atoms with Crippen LogP contribution in [0.3, 0.4) is 0 Å². The number of nitrogens with one attached hydrogen (secondary N) is 1. The zero-order valence-electron chi connectivity index (χ0n) is 15.3. The number of allylic oxidation sites excluding steroid dienone is 1. The molecule has 27 heavy (non-hydrogen) atoms. The van der Waals surface area contributed by atoms with Crippen molar-refractivity contribution >= 4 is 31.6 Å². The second-order valence-corrected chi connectivity index (χ2v) is 10.6. The van der Waals surface area contributed by atoms with Crippen LogP contribution in [0.1, 0.15) is 44.1 Å². The number of sulfonamides is 2. The van der Waals surface area contributed by atoms with Gasteiger partial charge >= 0.3 is 0 Å². The lowest BCUT2D eigenvalue weighted by molar-refractivity contribution is -0.116. The molecule has 2 aliphatic rings. The van der Waals surface area contributed by atoms with Crippen molar-refractivity contribution in [3.63, 3.8) is 0 Å². The summed E-state index contributed by atoms with van der Waals surface area (Å²) in [5.41, 5.74) is 1.83. The van der Waals surface area contributed by atoms with E-state index < -0.39 is 26.0 Å². The van der Waals surface area contributed by atoms with Crippen LogP contribution in [0.4, 0.5) is 5.69 Å². The fourth-order valence-corrected chi connectivity index (χ4v) is 6.17. The van der Waals surface area contributed by atoms with E-state index >= 15 is 0 Å². The van der Waals surface area contributed by atoms with Crippen LogP contribution >= 0.6 is 0 Å². The minimum absolute atomic E-state index is 0.00692. The smallest absolute Gasteiger partial charge is 0.242 e. The first-order valence-corrected chi connectivity index (χ1v) is 12.1. The van der Waals surface area contributed by atoms with E-state index in [1.165, 1.54) is 30.2 Å². The highest BCUT2D eigenvalue weighted by molar-refractivity contribution is 7.94. The van der Waals surface area contributed by atoms with Crippen molar-refractivity contribution in [2.24, 2.45) is 0 Å². The number of rotatable bonds is 6. The summed E-state index contributed by atoms with van der Waals surface area (Å²) in [7, 11) is -7.54. The molecule has 1 fully saturated rings. The number of hydrogen-bond acceptors (Lipinski definition) is 5. The van der Waals surface area contributed by atoms with Gasteiger partial charge in [0.2, 0.25) is 26.0 Å². The summed E-state index contributed by atoms with van der Waals surface area (Å²) < 4.78 is 52.9. The Morgan fingerprint density at radius 3 is 2.59 bits per heavy atom. The lowest BCUT2D eigenvalue weighted by Crippen LogP contribution is -2.30. The van der Waals surface area contributed by atoms with E-state index in [0.717, 1.165) is 19.3 Å². The van der Waals surface area contributed by atoms with Crippen molar-refractivity contribution in [2.45, 2.75) is 50.3 Å². The Balaban J connectivity index is 1.80. The quantitative estimate of drug-likeness (QED) is 0.722. The zero-order valence-corrected chi connectivity index (χ0v) is 16.9. The monoisotopic (exact) mass is 412 g/mol. The number of carbonyl (C=O) groups excluding carboxylic acids is 1. The van der Waals surface area contributed by atoms with Crippen molar-refractivity contribution in [1.29, 1.82) is 0 Å². The molecule has 0 atom stereocenters. The van der Waals surface area contributed by atoms with Crippen LogP contribution in [0.5, 0.6) is 0 Å². The molecule has 0 saturated carbocycles. The van der Waals surface area contributed by atoms with Gasteiger partial charge in [-0.05, 0) is 56.7 Å². The molecule has 1 amide bonds. The Labute approximate surface area is 160 Å². The lowest BCUT2D eigenvalue weighted by Gasteiger charge is -2.18. The molecular formula is C18H24N2O5S2. The maximum atomic E-state index is 12.7. The molecule has 1 saturated heterocycles. The molecule has 0 spiro atoms. The summed E-state index contributed by atoms with van der Waals surface area (Å²) in [5, 5.41) is 0. The Morgan fingerprint density at radius 1 is 1.19 bits per heavy atom. The SMILES string of the molecule is Cc1ccc(N2C(=O)CCS2(=O)=O)cc1S(=O)(=O)NCCC1=CCCCC1. The number of amides is 1. The molecular weight excluding hydrogens is 388 g/mol. The highest BCUT2D eigenvalue weighted by Crippen LogP contribution is 2.29. The summed E-state index contributed by atoms with van der Waals surface area (Å²) in [6.07, 6.45) is 7.11.